The Morgan fingerprint density at radius 3 is 2.66 bits per heavy atom. The van der Waals surface area contributed by atoms with E-state index in [0.29, 0.717) is 17.3 Å². The number of ether oxygens (including phenoxy) is 1. The predicted octanol–water partition coefficient (Wildman–Crippen LogP) is 1.07. The van der Waals surface area contributed by atoms with Gasteiger partial charge in [-0.25, -0.2) is 18.7 Å². The van der Waals surface area contributed by atoms with Gasteiger partial charge in [0.15, 0.2) is 11.5 Å². The minimum atomic E-state index is -0.362. The lowest BCUT2D eigenvalue weighted by atomic mass is 10.4. The van der Waals surface area contributed by atoms with Crippen LogP contribution >= 0.6 is 12.1 Å². The Hall–Kier alpha value is -2.50. The molecule has 0 atom stereocenters. The Labute approximate surface area is 173 Å². The summed E-state index contributed by atoms with van der Waals surface area (Å²) in [6.07, 6.45) is 4.66. The topological polar surface area (TPSA) is 83.8 Å². The van der Waals surface area contributed by atoms with E-state index in [1.54, 1.807) is 11.0 Å². The van der Waals surface area contributed by atoms with Crippen molar-refractivity contribution in [3.63, 3.8) is 0 Å². The molecule has 0 radical (unpaired) electrons. The summed E-state index contributed by atoms with van der Waals surface area (Å²) in [7, 11) is 5.12. The molecule has 0 unspecified atom stereocenters. The maximum atomic E-state index is 14.0. The first-order chi connectivity index (χ1) is 13.9. The zero-order valence-electron chi connectivity index (χ0n) is 16.7. The van der Waals surface area contributed by atoms with Crippen LogP contribution in [0.15, 0.2) is 25.2 Å². The van der Waals surface area contributed by atoms with Crippen LogP contribution in [0.2, 0.25) is 0 Å². The molecule has 2 aromatic heterocycles. The largest absolute Gasteiger partial charge is 0.480 e. The molecule has 0 spiro atoms. The second-order valence-electron chi connectivity index (χ2n) is 6.29. The second kappa shape index (κ2) is 10.9. The van der Waals surface area contributed by atoms with Gasteiger partial charge in [-0.2, -0.15) is 0 Å². The monoisotopic (exact) mass is 424 g/mol. The van der Waals surface area contributed by atoms with Crippen LogP contribution < -0.4 is 4.74 Å². The smallest absolute Gasteiger partial charge is 0.246 e. The number of aldehydes is 1. The van der Waals surface area contributed by atoms with Crippen LogP contribution in [-0.2, 0) is 9.59 Å². The van der Waals surface area contributed by atoms with Crippen LogP contribution in [0, 0.1) is 5.82 Å². The van der Waals surface area contributed by atoms with Gasteiger partial charge in [0.25, 0.3) is 0 Å². The van der Waals surface area contributed by atoms with Crippen LogP contribution in [0.5, 0.6) is 5.88 Å². The molecule has 11 heteroatoms. The minimum Gasteiger partial charge on any atom is -0.480 e. The van der Waals surface area contributed by atoms with Crippen molar-refractivity contribution >= 4 is 35.4 Å². The Morgan fingerprint density at radius 1 is 1.38 bits per heavy atom. The predicted molar refractivity (Wildman–Crippen MR) is 110 cm³/mol. The van der Waals surface area contributed by atoms with Gasteiger partial charge in [0.05, 0.1) is 19.9 Å². The van der Waals surface area contributed by atoms with Crippen LogP contribution in [0.1, 0.15) is 0 Å². The fourth-order valence-corrected chi connectivity index (χ4v) is 3.47. The number of nitrogens with zero attached hydrogens (tertiary/aromatic N) is 6. The van der Waals surface area contributed by atoms with Crippen molar-refractivity contribution in [3.8, 4) is 5.88 Å². The molecule has 1 saturated heterocycles. The first-order valence-electron chi connectivity index (χ1n) is 8.89. The van der Waals surface area contributed by atoms with Gasteiger partial charge in [-0.3, -0.25) is 8.77 Å². The molecule has 0 aliphatic carbocycles. The number of carbonyl (C=O) groups is 2. The quantitative estimate of drug-likeness (QED) is 0.387. The highest BCUT2D eigenvalue weighted by Crippen LogP contribution is 2.29. The van der Waals surface area contributed by atoms with E-state index in [9.17, 15) is 14.0 Å². The van der Waals surface area contributed by atoms with Gasteiger partial charge >= 0.3 is 0 Å². The normalized spacial score (nSPS) is 14.8. The summed E-state index contributed by atoms with van der Waals surface area (Å²) in [6, 6.07) is 0. The number of carbonyl (C=O) groups excluding carboxylic acids is 2. The number of piperazine rings is 1. The number of hydrogen-bond donors (Lipinski definition) is 0. The van der Waals surface area contributed by atoms with Crippen molar-refractivity contribution in [3.05, 3.63) is 31.0 Å². The van der Waals surface area contributed by atoms with Gasteiger partial charge in [0.2, 0.25) is 11.8 Å². The number of methoxy groups -OCH3 is 1. The molecule has 0 bridgehead atoms. The van der Waals surface area contributed by atoms with E-state index in [1.165, 1.54) is 42.7 Å². The minimum absolute atomic E-state index is 0.130. The lowest BCUT2D eigenvalue weighted by Crippen LogP contribution is -2.41. The summed E-state index contributed by atoms with van der Waals surface area (Å²) in [4.78, 5) is 32.0. The molecule has 2 aromatic rings. The molecule has 29 heavy (non-hydrogen) atoms. The van der Waals surface area contributed by atoms with E-state index in [-0.39, 0.29) is 24.1 Å². The highest BCUT2D eigenvalue weighted by Gasteiger charge is 2.20. The van der Waals surface area contributed by atoms with Crippen LogP contribution in [-0.4, -0.2) is 94.2 Å². The molecular weight excluding hydrogens is 399 g/mol. The lowest BCUT2D eigenvalue weighted by Gasteiger charge is -2.31. The molecule has 0 N–H and O–H groups in total. The molecule has 3 rings (SSSR count). The summed E-state index contributed by atoms with van der Waals surface area (Å²) in [6.45, 7) is 7.27. The third kappa shape index (κ3) is 5.99. The van der Waals surface area contributed by atoms with Gasteiger partial charge in [-0.15, -0.1) is 0 Å². The summed E-state index contributed by atoms with van der Waals surface area (Å²) in [5.74, 6) is -0.327. The van der Waals surface area contributed by atoms with Gasteiger partial charge in [-0.1, -0.05) is 6.58 Å². The number of halogens is 1. The second-order valence-corrected chi connectivity index (χ2v) is 7.36. The molecule has 3 heterocycles. The van der Waals surface area contributed by atoms with E-state index in [0.717, 1.165) is 26.2 Å². The number of amides is 1. The molecule has 1 fully saturated rings. The Bertz CT molecular complexity index is 853. The van der Waals surface area contributed by atoms with Crippen LogP contribution in [0.3, 0.4) is 0 Å². The highest BCUT2D eigenvalue weighted by atomic mass is 32.2. The molecule has 0 aromatic carbocycles. The van der Waals surface area contributed by atoms with Crippen molar-refractivity contribution in [2.75, 3.05) is 53.9 Å². The number of fused-ring (bicyclic) bond motifs is 1. The Morgan fingerprint density at radius 2 is 2.07 bits per heavy atom. The third-order valence-electron chi connectivity index (χ3n) is 4.23. The van der Waals surface area contributed by atoms with Crippen LogP contribution in [0.4, 0.5) is 4.39 Å². The highest BCUT2D eigenvalue weighted by molar-refractivity contribution is 7.95. The van der Waals surface area contributed by atoms with E-state index in [2.05, 4.69) is 32.8 Å². The summed E-state index contributed by atoms with van der Waals surface area (Å²) in [5.41, 5.74) is 0.540. The number of hydrogen-bond acceptors (Lipinski definition) is 8. The standard InChI is InChI=1S/C12H16FN5OS.C6H9NO2/c1-16-3-5-17(6-4-16)20-18-7-9(13)10-11(18)14-8-15-12(10)19-2;1-3-6(9)7(2)4-5-8/h7-8H,3-6H2,1-2H3;3,5H,1,4H2,2H3. The van der Waals surface area contributed by atoms with Crippen molar-refractivity contribution in [2.45, 2.75) is 0 Å². The molecule has 1 aliphatic rings. The molecule has 158 valence electrons. The average Bonchev–Trinajstić information content (AvgIpc) is 3.05. The summed E-state index contributed by atoms with van der Waals surface area (Å²) < 4.78 is 23.1. The van der Waals surface area contributed by atoms with Gasteiger partial charge in [0.1, 0.15) is 18.0 Å². The molecule has 9 nitrogen and oxygen atoms in total. The molecule has 1 aliphatic heterocycles. The first-order valence-corrected chi connectivity index (χ1v) is 9.63. The van der Waals surface area contributed by atoms with E-state index in [1.807, 2.05) is 0 Å². The van der Waals surface area contributed by atoms with Gasteiger partial charge in [0, 0.05) is 45.4 Å². The third-order valence-corrected chi connectivity index (χ3v) is 5.28. The van der Waals surface area contributed by atoms with E-state index >= 15 is 0 Å². The van der Waals surface area contributed by atoms with Crippen molar-refractivity contribution < 1.29 is 18.7 Å². The SMILES string of the molecule is C=CC(=O)N(C)CC=O.COc1ncnc2c1c(F)cn2SN1CCN(C)CC1. The van der Waals surface area contributed by atoms with Crippen molar-refractivity contribution in [1.29, 1.82) is 0 Å². The Kier molecular flexibility index (Phi) is 8.55. The number of likely N-dealkylation sites (N-methyl/N-ethyl adjacent to an activating group) is 2. The molecule has 1 amide bonds. The maximum absolute atomic E-state index is 14.0. The summed E-state index contributed by atoms with van der Waals surface area (Å²) >= 11 is 1.47. The van der Waals surface area contributed by atoms with Crippen LogP contribution in [0.25, 0.3) is 11.0 Å². The number of aromatic nitrogens is 3. The Balaban J connectivity index is 0.000000284. The first kappa shape index (κ1) is 22.8. The fourth-order valence-electron chi connectivity index (χ4n) is 2.53. The fraction of sp³-hybridized carbons (Fsp3) is 0.444. The van der Waals surface area contributed by atoms with Crippen molar-refractivity contribution in [1.82, 2.24) is 28.0 Å². The molecule has 0 saturated carbocycles. The van der Waals surface area contributed by atoms with Gasteiger partial charge < -0.3 is 19.3 Å². The zero-order chi connectivity index (χ0) is 21.4. The van der Waals surface area contributed by atoms with E-state index < -0.39 is 0 Å². The molecular formula is C18H25FN6O3S. The zero-order valence-corrected chi connectivity index (χ0v) is 17.6. The van der Waals surface area contributed by atoms with Gasteiger partial charge in [-0.05, 0) is 13.1 Å². The summed E-state index contributed by atoms with van der Waals surface area (Å²) in [5, 5.41) is 0.330. The lowest BCUT2D eigenvalue weighted by molar-refractivity contribution is -0.127. The number of rotatable bonds is 6. The maximum Gasteiger partial charge on any atom is 0.246 e. The van der Waals surface area contributed by atoms with E-state index in [4.69, 9.17) is 4.74 Å². The average molecular weight is 425 g/mol. The van der Waals surface area contributed by atoms with Crippen molar-refractivity contribution in [2.24, 2.45) is 0 Å².